The zero-order chi connectivity index (χ0) is 11.8. The number of primary amides is 1. The summed E-state index contributed by atoms with van der Waals surface area (Å²) < 4.78 is 0. The number of carbonyl (C=O) groups excluding carboxylic acids is 2. The fraction of sp³-hybridized carbons (Fsp3) is 0.636. The molecule has 0 saturated heterocycles. The number of hydrogen-bond donors (Lipinski definition) is 3. The Morgan fingerprint density at radius 3 is 2.75 bits per heavy atom. The lowest BCUT2D eigenvalue weighted by Crippen LogP contribution is -2.39. The smallest absolute Gasteiger partial charge is 0.312 e. The molecule has 4 N–H and O–H groups in total. The number of carbonyl (C=O) groups is 2. The Hall–Kier alpha value is -1.52. The Balaban J connectivity index is 2.08. The van der Waals surface area contributed by atoms with Gasteiger partial charge in [0.2, 0.25) is 5.91 Å². The highest BCUT2D eigenvalue weighted by molar-refractivity contribution is 5.83. The van der Waals surface area contributed by atoms with Crippen LogP contribution >= 0.6 is 0 Å². The first-order chi connectivity index (χ1) is 7.68. The maximum atomic E-state index is 11.2. The molecular formula is C11H19N3O2. The van der Waals surface area contributed by atoms with E-state index in [0.717, 1.165) is 19.3 Å². The second-order valence-electron chi connectivity index (χ2n) is 3.93. The summed E-state index contributed by atoms with van der Waals surface area (Å²) in [6.07, 6.45) is 8.00. The number of rotatable bonds is 5. The number of urea groups is 1. The molecule has 5 nitrogen and oxygen atoms in total. The molecule has 0 spiro atoms. The molecule has 0 aromatic rings. The molecule has 5 heteroatoms. The van der Waals surface area contributed by atoms with E-state index in [0.29, 0.717) is 6.54 Å². The van der Waals surface area contributed by atoms with Gasteiger partial charge in [0, 0.05) is 6.54 Å². The van der Waals surface area contributed by atoms with Crippen molar-refractivity contribution >= 4 is 11.9 Å². The van der Waals surface area contributed by atoms with E-state index in [9.17, 15) is 9.59 Å². The molecule has 0 bridgehead atoms. The van der Waals surface area contributed by atoms with Gasteiger partial charge in [0.15, 0.2) is 0 Å². The Morgan fingerprint density at radius 2 is 2.12 bits per heavy atom. The summed E-state index contributed by atoms with van der Waals surface area (Å²) in [6.45, 7) is 0.583. The first-order valence-electron chi connectivity index (χ1n) is 5.66. The molecule has 0 aromatic heterocycles. The van der Waals surface area contributed by atoms with Gasteiger partial charge in [0.25, 0.3) is 0 Å². The topological polar surface area (TPSA) is 84.2 Å². The predicted octanol–water partition coefficient (Wildman–Crippen LogP) is 0.661. The van der Waals surface area contributed by atoms with Crippen LogP contribution < -0.4 is 16.4 Å². The van der Waals surface area contributed by atoms with Gasteiger partial charge in [-0.05, 0) is 32.1 Å². The van der Waals surface area contributed by atoms with Crippen LogP contribution in [0.5, 0.6) is 0 Å². The van der Waals surface area contributed by atoms with Crippen LogP contribution in [0, 0.1) is 0 Å². The molecule has 0 atom stereocenters. The van der Waals surface area contributed by atoms with Gasteiger partial charge in [-0.25, -0.2) is 4.79 Å². The molecular weight excluding hydrogens is 206 g/mol. The molecule has 1 rings (SSSR count). The van der Waals surface area contributed by atoms with E-state index in [1.165, 1.54) is 18.4 Å². The summed E-state index contributed by atoms with van der Waals surface area (Å²) in [5.41, 5.74) is 6.27. The van der Waals surface area contributed by atoms with Gasteiger partial charge in [0.05, 0.1) is 6.54 Å². The minimum atomic E-state index is -0.676. The van der Waals surface area contributed by atoms with Gasteiger partial charge in [-0.3, -0.25) is 4.79 Å². The molecule has 0 unspecified atom stereocenters. The van der Waals surface area contributed by atoms with Crippen molar-refractivity contribution in [2.75, 3.05) is 13.1 Å². The average Bonchev–Trinajstić information content (AvgIpc) is 2.28. The molecule has 1 aliphatic rings. The summed E-state index contributed by atoms with van der Waals surface area (Å²) in [5, 5.41) is 4.98. The van der Waals surface area contributed by atoms with Crippen molar-refractivity contribution in [3.05, 3.63) is 11.6 Å². The molecule has 90 valence electrons. The lowest BCUT2D eigenvalue weighted by atomic mass is 9.97. The standard InChI is InChI=1S/C11H19N3O2/c12-11(16)14-8-10(15)13-7-6-9-4-2-1-3-5-9/h4H,1-3,5-8H2,(H,13,15)(H3,12,14,16). The van der Waals surface area contributed by atoms with Gasteiger partial charge in [-0.1, -0.05) is 11.6 Å². The van der Waals surface area contributed by atoms with Crippen LogP contribution in [0.1, 0.15) is 32.1 Å². The van der Waals surface area contributed by atoms with Crippen LogP contribution in [0.2, 0.25) is 0 Å². The number of allylic oxidation sites excluding steroid dienone is 1. The first kappa shape index (κ1) is 12.5. The lowest BCUT2D eigenvalue weighted by molar-refractivity contribution is -0.120. The molecule has 16 heavy (non-hydrogen) atoms. The van der Waals surface area contributed by atoms with Crippen molar-refractivity contribution in [2.45, 2.75) is 32.1 Å². The minimum Gasteiger partial charge on any atom is -0.354 e. The maximum absolute atomic E-state index is 11.2. The summed E-state index contributed by atoms with van der Waals surface area (Å²) in [5.74, 6) is -0.199. The van der Waals surface area contributed by atoms with Crippen LogP contribution in [-0.2, 0) is 4.79 Å². The van der Waals surface area contributed by atoms with E-state index in [2.05, 4.69) is 16.7 Å². The van der Waals surface area contributed by atoms with E-state index < -0.39 is 6.03 Å². The number of nitrogens with two attached hydrogens (primary N) is 1. The fourth-order valence-corrected chi connectivity index (χ4v) is 1.72. The number of nitrogens with one attached hydrogen (secondary N) is 2. The Bertz CT molecular complexity index is 287. The molecule has 0 saturated carbocycles. The summed E-state index contributed by atoms with van der Waals surface area (Å²) >= 11 is 0. The molecule has 0 aromatic carbocycles. The number of amides is 3. The van der Waals surface area contributed by atoms with Gasteiger partial charge in [-0.2, -0.15) is 0 Å². The largest absolute Gasteiger partial charge is 0.354 e. The zero-order valence-electron chi connectivity index (χ0n) is 9.42. The Labute approximate surface area is 95.5 Å². The van der Waals surface area contributed by atoms with Crippen molar-refractivity contribution in [2.24, 2.45) is 5.73 Å². The second-order valence-corrected chi connectivity index (χ2v) is 3.93. The van der Waals surface area contributed by atoms with Crippen molar-refractivity contribution in [1.82, 2.24) is 10.6 Å². The molecule has 3 amide bonds. The SMILES string of the molecule is NC(=O)NCC(=O)NCCC1=CCCCC1. The molecule has 0 aliphatic heterocycles. The highest BCUT2D eigenvalue weighted by atomic mass is 16.2. The third-order valence-electron chi connectivity index (χ3n) is 2.58. The minimum absolute atomic E-state index is 0.0472. The van der Waals surface area contributed by atoms with E-state index in [4.69, 9.17) is 5.73 Å². The molecule has 0 heterocycles. The first-order valence-corrected chi connectivity index (χ1v) is 5.66. The predicted molar refractivity (Wildman–Crippen MR) is 61.8 cm³/mol. The summed E-state index contributed by atoms with van der Waals surface area (Å²) in [6, 6.07) is -0.676. The molecule has 0 fully saturated rings. The molecule has 1 aliphatic carbocycles. The van der Waals surface area contributed by atoms with Crippen LogP contribution in [0.25, 0.3) is 0 Å². The van der Waals surface area contributed by atoms with Gasteiger partial charge < -0.3 is 16.4 Å². The van der Waals surface area contributed by atoms with Crippen LogP contribution in [0.15, 0.2) is 11.6 Å². The van der Waals surface area contributed by atoms with E-state index in [-0.39, 0.29) is 12.5 Å². The third-order valence-corrected chi connectivity index (χ3v) is 2.58. The van der Waals surface area contributed by atoms with E-state index >= 15 is 0 Å². The van der Waals surface area contributed by atoms with Crippen molar-refractivity contribution < 1.29 is 9.59 Å². The van der Waals surface area contributed by atoms with Crippen molar-refractivity contribution in [1.29, 1.82) is 0 Å². The fourth-order valence-electron chi connectivity index (χ4n) is 1.72. The van der Waals surface area contributed by atoms with Crippen LogP contribution in [0.4, 0.5) is 4.79 Å². The highest BCUT2D eigenvalue weighted by Crippen LogP contribution is 2.19. The average molecular weight is 225 g/mol. The third kappa shape index (κ3) is 5.38. The van der Waals surface area contributed by atoms with E-state index in [1.807, 2.05) is 0 Å². The van der Waals surface area contributed by atoms with Crippen molar-refractivity contribution in [3.8, 4) is 0 Å². The van der Waals surface area contributed by atoms with Crippen molar-refractivity contribution in [3.63, 3.8) is 0 Å². The Kier molecular flexibility index (Phi) is 5.39. The van der Waals surface area contributed by atoms with Crippen LogP contribution in [-0.4, -0.2) is 25.0 Å². The van der Waals surface area contributed by atoms with Gasteiger partial charge >= 0.3 is 6.03 Å². The monoisotopic (exact) mass is 225 g/mol. The summed E-state index contributed by atoms with van der Waals surface area (Å²) in [4.78, 5) is 21.5. The van der Waals surface area contributed by atoms with Crippen LogP contribution in [0.3, 0.4) is 0 Å². The highest BCUT2D eigenvalue weighted by Gasteiger charge is 2.05. The lowest BCUT2D eigenvalue weighted by Gasteiger charge is -2.12. The summed E-state index contributed by atoms with van der Waals surface area (Å²) in [7, 11) is 0. The maximum Gasteiger partial charge on any atom is 0.312 e. The van der Waals surface area contributed by atoms with Gasteiger partial charge in [0.1, 0.15) is 0 Å². The Morgan fingerprint density at radius 1 is 1.31 bits per heavy atom. The quantitative estimate of drug-likeness (QED) is 0.600. The van der Waals surface area contributed by atoms with E-state index in [1.54, 1.807) is 0 Å². The van der Waals surface area contributed by atoms with Gasteiger partial charge in [-0.15, -0.1) is 0 Å². The second kappa shape index (κ2) is 6.87. The number of hydrogen-bond acceptors (Lipinski definition) is 2. The zero-order valence-corrected chi connectivity index (χ0v) is 9.42. The normalized spacial score (nSPS) is 15.1. The molecule has 0 radical (unpaired) electrons.